The van der Waals surface area contributed by atoms with E-state index in [4.69, 9.17) is 0 Å². The third-order valence-electron chi connectivity index (χ3n) is 3.64. The number of nitrogens with zero attached hydrogens (tertiary/aromatic N) is 2. The highest BCUT2D eigenvalue weighted by Crippen LogP contribution is 2.26. The first kappa shape index (κ1) is 15.0. The number of benzene rings is 1. The molecule has 0 saturated carbocycles. The standard InChI is InChI=1S/C15H19N3O3/c1-4-15(2,3)16-13(19)10-17-9-8-11-6-5-7-12(14(11)17)18(20)21/h5-9H,4,10H2,1-3H3,(H,16,19). The molecule has 2 aromatic rings. The number of nitro benzene ring substituents is 1. The van der Waals surface area contributed by atoms with Gasteiger partial charge in [-0.25, -0.2) is 0 Å². The first-order chi connectivity index (χ1) is 9.84. The Morgan fingerprint density at radius 2 is 2.10 bits per heavy atom. The summed E-state index contributed by atoms with van der Waals surface area (Å²) in [6.07, 6.45) is 2.52. The van der Waals surface area contributed by atoms with Crippen molar-refractivity contribution >= 4 is 22.5 Å². The number of amides is 1. The highest BCUT2D eigenvalue weighted by Gasteiger charge is 2.20. The largest absolute Gasteiger partial charge is 0.350 e. The Balaban J connectivity index is 2.31. The second-order valence-electron chi connectivity index (χ2n) is 5.70. The molecule has 1 N–H and O–H groups in total. The third kappa shape index (κ3) is 3.21. The molecule has 1 heterocycles. The molecular weight excluding hydrogens is 270 g/mol. The monoisotopic (exact) mass is 289 g/mol. The van der Waals surface area contributed by atoms with Crippen LogP contribution in [-0.4, -0.2) is 20.9 Å². The molecule has 1 aromatic heterocycles. The summed E-state index contributed by atoms with van der Waals surface area (Å²) in [6.45, 7) is 5.95. The summed E-state index contributed by atoms with van der Waals surface area (Å²) in [6, 6.07) is 6.67. The van der Waals surface area contributed by atoms with Gasteiger partial charge in [-0.1, -0.05) is 19.1 Å². The van der Waals surface area contributed by atoms with Crippen LogP contribution in [0.3, 0.4) is 0 Å². The van der Waals surface area contributed by atoms with Crippen LogP contribution in [-0.2, 0) is 11.3 Å². The SMILES string of the molecule is CCC(C)(C)NC(=O)Cn1ccc2cccc([N+](=O)[O-])c21. The Bertz CT molecular complexity index is 689. The maximum Gasteiger partial charge on any atom is 0.293 e. The highest BCUT2D eigenvalue weighted by molar-refractivity contribution is 5.90. The molecule has 0 aliphatic rings. The predicted molar refractivity (Wildman–Crippen MR) is 81.1 cm³/mol. The van der Waals surface area contributed by atoms with Crippen molar-refractivity contribution in [2.24, 2.45) is 0 Å². The number of carbonyl (C=O) groups is 1. The Kier molecular flexibility index (Phi) is 3.97. The van der Waals surface area contributed by atoms with E-state index >= 15 is 0 Å². The number of nitrogens with one attached hydrogen (secondary N) is 1. The van der Waals surface area contributed by atoms with E-state index in [1.165, 1.54) is 6.07 Å². The maximum atomic E-state index is 12.1. The van der Waals surface area contributed by atoms with Crippen LogP contribution in [0.1, 0.15) is 27.2 Å². The Morgan fingerprint density at radius 1 is 1.38 bits per heavy atom. The zero-order valence-corrected chi connectivity index (χ0v) is 12.4. The van der Waals surface area contributed by atoms with E-state index in [1.807, 2.05) is 20.8 Å². The summed E-state index contributed by atoms with van der Waals surface area (Å²) >= 11 is 0. The van der Waals surface area contributed by atoms with Gasteiger partial charge in [0.2, 0.25) is 5.91 Å². The maximum absolute atomic E-state index is 12.1. The van der Waals surface area contributed by atoms with E-state index in [2.05, 4.69) is 5.32 Å². The zero-order chi connectivity index (χ0) is 15.6. The smallest absolute Gasteiger partial charge is 0.293 e. The lowest BCUT2D eigenvalue weighted by molar-refractivity contribution is -0.383. The second kappa shape index (κ2) is 5.55. The van der Waals surface area contributed by atoms with Crippen LogP contribution < -0.4 is 5.32 Å². The normalized spacial score (nSPS) is 11.6. The van der Waals surface area contributed by atoms with Crippen molar-refractivity contribution in [3.05, 3.63) is 40.6 Å². The molecule has 0 radical (unpaired) electrons. The van der Waals surface area contributed by atoms with Crippen molar-refractivity contribution in [2.75, 3.05) is 0 Å². The number of hydrogen-bond acceptors (Lipinski definition) is 3. The summed E-state index contributed by atoms with van der Waals surface area (Å²) < 4.78 is 1.62. The van der Waals surface area contributed by atoms with Gasteiger partial charge >= 0.3 is 0 Å². The molecule has 0 saturated heterocycles. The number of carbonyl (C=O) groups excluding carboxylic acids is 1. The molecule has 0 fully saturated rings. The van der Waals surface area contributed by atoms with E-state index in [0.717, 1.165) is 11.8 Å². The number of hydrogen-bond donors (Lipinski definition) is 1. The summed E-state index contributed by atoms with van der Waals surface area (Å²) in [4.78, 5) is 22.8. The molecule has 6 heteroatoms. The summed E-state index contributed by atoms with van der Waals surface area (Å²) in [5.41, 5.74) is 0.207. The molecule has 112 valence electrons. The fourth-order valence-electron chi connectivity index (χ4n) is 2.18. The number of rotatable bonds is 5. The molecule has 6 nitrogen and oxygen atoms in total. The fourth-order valence-corrected chi connectivity index (χ4v) is 2.18. The average Bonchev–Trinajstić information content (AvgIpc) is 2.81. The minimum absolute atomic E-state index is 0.0139. The lowest BCUT2D eigenvalue weighted by atomic mass is 10.0. The van der Waals surface area contributed by atoms with Crippen LogP contribution >= 0.6 is 0 Å². The first-order valence-corrected chi connectivity index (χ1v) is 6.87. The Hall–Kier alpha value is -2.37. The topological polar surface area (TPSA) is 77.2 Å². The van der Waals surface area contributed by atoms with Crippen LogP contribution in [0.25, 0.3) is 10.9 Å². The van der Waals surface area contributed by atoms with Crippen molar-refractivity contribution in [1.29, 1.82) is 0 Å². The van der Waals surface area contributed by atoms with Crippen molar-refractivity contribution in [3.8, 4) is 0 Å². The quantitative estimate of drug-likeness (QED) is 0.679. The van der Waals surface area contributed by atoms with E-state index in [9.17, 15) is 14.9 Å². The van der Waals surface area contributed by atoms with Gasteiger partial charge in [0.15, 0.2) is 0 Å². The summed E-state index contributed by atoms with van der Waals surface area (Å²) in [5, 5.41) is 14.8. The van der Waals surface area contributed by atoms with Crippen LogP contribution in [0.5, 0.6) is 0 Å². The van der Waals surface area contributed by atoms with Gasteiger partial charge in [0.05, 0.1) is 4.92 Å². The van der Waals surface area contributed by atoms with Gasteiger partial charge in [-0.3, -0.25) is 14.9 Å². The molecule has 0 aliphatic carbocycles. The van der Waals surface area contributed by atoms with Crippen molar-refractivity contribution in [1.82, 2.24) is 9.88 Å². The minimum Gasteiger partial charge on any atom is -0.350 e. The molecule has 2 rings (SSSR count). The second-order valence-corrected chi connectivity index (χ2v) is 5.70. The zero-order valence-electron chi connectivity index (χ0n) is 12.4. The van der Waals surface area contributed by atoms with Crippen molar-refractivity contribution in [3.63, 3.8) is 0 Å². The first-order valence-electron chi connectivity index (χ1n) is 6.87. The predicted octanol–water partition coefficient (Wildman–Crippen LogP) is 2.85. The molecule has 1 aromatic carbocycles. The number of para-hydroxylation sites is 1. The summed E-state index contributed by atoms with van der Waals surface area (Å²) in [7, 11) is 0. The van der Waals surface area contributed by atoms with E-state index in [-0.39, 0.29) is 23.7 Å². The number of aromatic nitrogens is 1. The van der Waals surface area contributed by atoms with Crippen molar-refractivity contribution < 1.29 is 9.72 Å². The average molecular weight is 289 g/mol. The Labute approximate surface area is 122 Å². The molecule has 0 unspecified atom stereocenters. The van der Waals surface area contributed by atoms with E-state index in [1.54, 1.807) is 29.0 Å². The molecule has 0 aliphatic heterocycles. The third-order valence-corrected chi connectivity index (χ3v) is 3.64. The molecule has 0 atom stereocenters. The van der Waals surface area contributed by atoms with Gasteiger partial charge < -0.3 is 9.88 Å². The highest BCUT2D eigenvalue weighted by atomic mass is 16.6. The molecule has 21 heavy (non-hydrogen) atoms. The molecule has 1 amide bonds. The van der Waals surface area contributed by atoms with E-state index in [0.29, 0.717) is 5.52 Å². The lowest BCUT2D eigenvalue weighted by Crippen LogP contribution is -2.44. The van der Waals surface area contributed by atoms with Gasteiger partial charge in [0.1, 0.15) is 12.1 Å². The minimum atomic E-state index is -0.424. The van der Waals surface area contributed by atoms with Gasteiger partial charge in [-0.05, 0) is 26.3 Å². The van der Waals surface area contributed by atoms with E-state index < -0.39 is 4.92 Å². The lowest BCUT2D eigenvalue weighted by Gasteiger charge is -2.24. The van der Waals surface area contributed by atoms with Gasteiger partial charge in [0, 0.05) is 23.2 Å². The summed E-state index contributed by atoms with van der Waals surface area (Å²) in [5.74, 6) is -0.155. The number of nitro groups is 1. The van der Waals surface area contributed by atoms with Crippen LogP contribution in [0, 0.1) is 10.1 Å². The van der Waals surface area contributed by atoms with Crippen LogP contribution in [0.4, 0.5) is 5.69 Å². The van der Waals surface area contributed by atoms with Crippen LogP contribution in [0.15, 0.2) is 30.5 Å². The van der Waals surface area contributed by atoms with Gasteiger partial charge in [-0.15, -0.1) is 0 Å². The van der Waals surface area contributed by atoms with Crippen molar-refractivity contribution in [2.45, 2.75) is 39.3 Å². The van der Waals surface area contributed by atoms with Gasteiger partial charge in [0.25, 0.3) is 5.69 Å². The Morgan fingerprint density at radius 3 is 2.71 bits per heavy atom. The fraction of sp³-hybridized carbons (Fsp3) is 0.400. The van der Waals surface area contributed by atoms with Gasteiger partial charge in [-0.2, -0.15) is 0 Å². The molecular formula is C15H19N3O3. The molecule has 0 spiro atoms. The number of non-ortho nitro benzene ring substituents is 1. The number of fused-ring (bicyclic) bond motifs is 1. The molecule has 0 bridgehead atoms. The van der Waals surface area contributed by atoms with Crippen LogP contribution in [0.2, 0.25) is 0 Å².